The van der Waals surface area contributed by atoms with Crippen LogP contribution in [-0.2, 0) is 23.7 Å². The molecule has 5 heteroatoms. The van der Waals surface area contributed by atoms with Gasteiger partial charge >= 0.3 is 5.97 Å². The van der Waals surface area contributed by atoms with Crippen molar-refractivity contribution in [2.75, 3.05) is 19.8 Å². The molecule has 0 spiro atoms. The SMILES string of the molecule is CCOC(C)OCCCCCCCCC[C@H]1O[C@@H]1COC(C)=O. The molecule has 1 aliphatic heterocycles. The van der Waals surface area contributed by atoms with Gasteiger partial charge in [0.1, 0.15) is 12.7 Å². The van der Waals surface area contributed by atoms with Crippen LogP contribution >= 0.6 is 0 Å². The van der Waals surface area contributed by atoms with Crippen LogP contribution in [-0.4, -0.2) is 44.3 Å². The predicted octanol–water partition coefficient (Wildman–Crippen LogP) is 3.84. The van der Waals surface area contributed by atoms with Crippen LogP contribution in [0.3, 0.4) is 0 Å². The fourth-order valence-corrected chi connectivity index (χ4v) is 2.64. The molecule has 0 aromatic carbocycles. The van der Waals surface area contributed by atoms with Crippen LogP contribution < -0.4 is 0 Å². The van der Waals surface area contributed by atoms with Crippen molar-refractivity contribution in [3.05, 3.63) is 0 Å². The zero-order chi connectivity index (χ0) is 16.9. The van der Waals surface area contributed by atoms with Crippen molar-refractivity contribution in [3.8, 4) is 0 Å². The van der Waals surface area contributed by atoms with Crippen LogP contribution in [0.1, 0.15) is 72.1 Å². The molecule has 1 heterocycles. The largest absolute Gasteiger partial charge is 0.463 e. The molecule has 0 amide bonds. The number of ether oxygens (including phenoxy) is 4. The van der Waals surface area contributed by atoms with Crippen LogP contribution in [0.25, 0.3) is 0 Å². The molecule has 3 atom stereocenters. The van der Waals surface area contributed by atoms with Gasteiger partial charge < -0.3 is 18.9 Å². The first-order valence-corrected chi connectivity index (χ1v) is 9.15. The van der Waals surface area contributed by atoms with E-state index in [2.05, 4.69) is 0 Å². The van der Waals surface area contributed by atoms with E-state index in [4.69, 9.17) is 18.9 Å². The second-order valence-electron chi connectivity index (χ2n) is 6.17. The second-order valence-corrected chi connectivity index (χ2v) is 6.17. The van der Waals surface area contributed by atoms with Crippen molar-refractivity contribution in [2.24, 2.45) is 0 Å². The van der Waals surface area contributed by atoms with E-state index < -0.39 is 0 Å². The number of rotatable bonds is 15. The Labute approximate surface area is 141 Å². The summed E-state index contributed by atoms with van der Waals surface area (Å²) in [5.74, 6) is -0.225. The lowest BCUT2D eigenvalue weighted by molar-refractivity contribution is -0.141. The summed E-state index contributed by atoms with van der Waals surface area (Å²) < 4.78 is 21.3. The molecule has 1 unspecified atom stereocenters. The molecule has 5 nitrogen and oxygen atoms in total. The number of hydrogen-bond acceptors (Lipinski definition) is 5. The molecule has 0 N–H and O–H groups in total. The molecule has 1 saturated heterocycles. The van der Waals surface area contributed by atoms with Crippen molar-refractivity contribution >= 4 is 5.97 Å². The van der Waals surface area contributed by atoms with E-state index in [9.17, 15) is 4.79 Å². The Morgan fingerprint density at radius 1 is 1.00 bits per heavy atom. The minimum Gasteiger partial charge on any atom is -0.463 e. The average Bonchev–Trinajstić information content (AvgIpc) is 3.26. The van der Waals surface area contributed by atoms with Gasteiger partial charge in [0.15, 0.2) is 6.29 Å². The third kappa shape index (κ3) is 11.5. The first-order chi connectivity index (χ1) is 11.1. The van der Waals surface area contributed by atoms with Gasteiger partial charge in [0, 0.05) is 20.1 Å². The first-order valence-electron chi connectivity index (χ1n) is 9.15. The van der Waals surface area contributed by atoms with Gasteiger partial charge in [-0.05, 0) is 26.7 Å². The van der Waals surface area contributed by atoms with E-state index in [0.717, 1.165) is 19.4 Å². The molecule has 0 aromatic heterocycles. The van der Waals surface area contributed by atoms with Crippen molar-refractivity contribution in [1.29, 1.82) is 0 Å². The molecule has 0 aliphatic carbocycles. The normalized spacial score (nSPS) is 21.2. The summed E-state index contributed by atoms with van der Waals surface area (Å²) in [6.07, 6.45) is 10.2. The Balaban J connectivity index is 1.75. The maximum Gasteiger partial charge on any atom is 0.302 e. The van der Waals surface area contributed by atoms with Crippen LogP contribution in [0.15, 0.2) is 0 Å². The smallest absolute Gasteiger partial charge is 0.302 e. The molecule has 0 bridgehead atoms. The van der Waals surface area contributed by atoms with Gasteiger partial charge in [0.2, 0.25) is 0 Å². The summed E-state index contributed by atoms with van der Waals surface area (Å²) >= 11 is 0. The lowest BCUT2D eigenvalue weighted by Crippen LogP contribution is -2.13. The van der Waals surface area contributed by atoms with E-state index >= 15 is 0 Å². The highest BCUT2D eigenvalue weighted by Crippen LogP contribution is 2.27. The maximum atomic E-state index is 10.7. The second kappa shape index (κ2) is 12.7. The lowest BCUT2D eigenvalue weighted by Gasteiger charge is -2.12. The zero-order valence-corrected chi connectivity index (χ0v) is 15.1. The van der Waals surface area contributed by atoms with Crippen LogP contribution in [0.5, 0.6) is 0 Å². The highest BCUT2D eigenvalue weighted by atomic mass is 16.7. The molecule has 1 aliphatic rings. The van der Waals surface area contributed by atoms with E-state index in [1.807, 2.05) is 13.8 Å². The van der Waals surface area contributed by atoms with E-state index in [-0.39, 0.29) is 18.4 Å². The van der Waals surface area contributed by atoms with E-state index in [1.54, 1.807) is 0 Å². The van der Waals surface area contributed by atoms with Gasteiger partial charge in [-0.2, -0.15) is 0 Å². The molecule has 0 radical (unpaired) electrons. The molecular formula is C18H34O5. The van der Waals surface area contributed by atoms with Gasteiger partial charge in [-0.25, -0.2) is 0 Å². The van der Waals surface area contributed by atoms with Crippen molar-refractivity contribution < 1.29 is 23.7 Å². The van der Waals surface area contributed by atoms with Crippen LogP contribution in [0.4, 0.5) is 0 Å². The van der Waals surface area contributed by atoms with Gasteiger partial charge in [-0.15, -0.1) is 0 Å². The van der Waals surface area contributed by atoms with Crippen molar-refractivity contribution in [1.82, 2.24) is 0 Å². The van der Waals surface area contributed by atoms with Gasteiger partial charge in [-0.1, -0.05) is 38.5 Å². The molecule has 0 saturated carbocycles. The number of hydrogen-bond donors (Lipinski definition) is 0. The molecule has 1 rings (SSSR count). The summed E-state index contributed by atoms with van der Waals surface area (Å²) in [4.78, 5) is 10.7. The van der Waals surface area contributed by atoms with Crippen LogP contribution in [0.2, 0.25) is 0 Å². The number of carbonyl (C=O) groups excluding carboxylic acids is 1. The number of epoxide rings is 1. The summed E-state index contributed by atoms with van der Waals surface area (Å²) in [5, 5.41) is 0. The monoisotopic (exact) mass is 330 g/mol. The molecule has 23 heavy (non-hydrogen) atoms. The van der Waals surface area contributed by atoms with Gasteiger partial charge in [0.25, 0.3) is 0 Å². The molecule has 136 valence electrons. The Kier molecular flexibility index (Phi) is 11.3. The quantitative estimate of drug-likeness (QED) is 0.198. The van der Waals surface area contributed by atoms with Gasteiger partial charge in [0.05, 0.1) is 6.10 Å². The Hall–Kier alpha value is -0.650. The van der Waals surface area contributed by atoms with Gasteiger partial charge in [-0.3, -0.25) is 4.79 Å². The minimum absolute atomic E-state index is 0.0747. The summed E-state index contributed by atoms with van der Waals surface area (Å²) in [6, 6.07) is 0. The number of carbonyl (C=O) groups is 1. The molecule has 1 fully saturated rings. The lowest BCUT2D eigenvalue weighted by atomic mass is 10.1. The number of unbranched alkanes of at least 4 members (excludes halogenated alkanes) is 6. The zero-order valence-electron chi connectivity index (χ0n) is 15.1. The molecule has 0 aromatic rings. The third-order valence-corrected chi connectivity index (χ3v) is 4.03. The maximum absolute atomic E-state index is 10.7. The fourth-order valence-electron chi connectivity index (χ4n) is 2.64. The fraction of sp³-hybridized carbons (Fsp3) is 0.944. The highest BCUT2D eigenvalue weighted by molar-refractivity contribution is 5.65. The van der Waals surface area contributed by atoms with E-state index in [0.29, 0.717) is 19.3 Å². The summed E-state index contributed by atoms with van der Waals surface area (Å²) in [6.45, 7) is 7.29. The molecular weight excluding hydrogens is 296 g/mol. The Bertz CT molecular complexity index is 308. The standard InChI is InChI=1S/C18H34O5/c1-4-20-16(3)21-13-11-9-7-5-6-8-10-12-17-18(23-17)14-22-15(2)19/h16-18H,4-14H2,1-3H3/t16?,17-,18-/m1/s1. The number of esters is 1. The topological polar surface area (TPSA) is 57.3 Å². The van der Waals surface area contributed by atoms with Crippen molar-refractivity contribution in [2.45, 2.75) is 90.6 Å². The highest BCUT2D eigenvalue weighted by Gasteiger charge is 2.38. The minimum atomic E-state index is -0.225. The van der Waals surface area contributed by atoms with E-state index in [1.165, 1.54) is 45.4 Å². The average molecular weight is 330 g/mol. The summed E-state index contributed by atoms with van der Waals surface area (Å²) in [7, 11) is 0. The summed E-state index contributed by atoms with van der Waals surface area (Å²) in [5.41, 5.74) is 0. The van der Waals surface area contributed by atoms with Crippen molar-refractivity contribution in [3.63, 3.8) is 0 Å². The van der Waals surface area contributed by atoms with Crippen LogP contribution in [0, 0.1) is 0 Å². The predicted molar refractivity (Wildman–Crippen MR) is 89.3 cm³/mol. The first kappa shape index (κ1) is 20.4. The third-order valence-electron chi connectivity index (χ3n) is 4.03. The Morgan fingerprint density at radius 2 is 1.65 bits per heavy atom. The Morgan fingerprint density at radius 3 is 2.30 bits per heavy atom.